The minimum absolute atomic E-state index is 0.211. The number of benzene rings is 1. The lowest BCUT2D eigenvalue weighted by molar-refractivity contribution is 0.112. The van der Waals surface area contributed by atoms with Crippen molar-refractivity contribution in [3.8, 4) is 0 Å². The third-order valence-electron chi connectivity index (χ3n) is 2.86. The largest absolute Gasteiger partial charge is 0.310 e. The number of nitrogens with zero attached hydrogens (tertiary/aromatic N) is 1. The summed E-state index contributed by atoms with van der Waals surface area (Å²) in [6, 6.07) is 7.52. The maximum absolute atomic E-state index is 11.8. The molecule has 82 valence electrons. The number of para-hydroxylation sites is 1. The molecule has 0 bridgehead atoms. The molecule has 0 unspecified atom stereocenters. The second-order valence-corrected chi connectivity index (χ2v) is 3.79. The molecule has 0 saturated carbocycles. The van der Waals surface area contributed by atoms with Gasteiger partial charge in [0.1, 0.15) is 0 Å². The summed E-state index contributed by atoms with van der Waals surface area (Å²) in [5.74, 6) is 0. The highest BCUT2D eigenvalue weighted by atomic mass is 16.1. The molecule has 0 aliphatic carbocycles. The minimum Gasteiger partial charge on any atom is -0.310 e. The Kier molecular flexibility index (Phi) is 2.60. The topological polar surface area (TPSA) is 39.1 Å². The molecule has 1 aromatic heterocycles. The van der Waals surface area contributed by atoms with E-state index in [0.717, 1.165) is 22.9 Å². The fourth-order valence-electron chi connectivity index (χ4n) is 2.03. The van der Waals surface area contributed by atoms with Crippen LogP contribution < -0.4 is 5.56 Å². The van der Waals surface area contributed by atoms with Gasteiger partial charge < -0.3 is 4.57 Å². The van der Waals surface area contributed by atoms with Crippen molar-refractivity contribution in [2.45, 2.75) is 13.3 Å². The first-order valence-electron chi connectivity index (χ1n) is 5.25. The van der Waals surface area contributed by atoms with Crippen LogP contribution in [0.4, 0.5) is 0 Å². The van der Waals surface area contributed by atoms with Crippen LogP contribution >= 0.6 is 0 Å². The molecular weight excluding hydrogens is 202 g/mol. The summed E-state index contributed by atoms with van der Waals surface area (Å²) in [6.45, 7) is 2.05. The Morgan fingerprint density at radius 2 is 2.12 bits per heavy atom. The molecule has 0 radical (unpaired) electrons. The minimum atomic E-state index is -0.233. The molecule has 0 amide bonds. The summed E-state index contributed by atoms with van der Waals surface area (Å²) in [5, 5.41) is 0.934. The highest BCUT2D eigenvalue weighted by molar-refractivity contribution is 5.88. The van der Waals surface area contributed by atoms with Crippen molar-refractivity contribution in [2.24, 2.45) is 7.05 Å². The van der Waals surface area contributed by atoms with E-state index >= 15 is 0 Å². The zero-order chi connectivity index (χ0) is 11.7. The first kappa shape index (κ1) is 10.6. The van der Waals surface area contributed by atoms with Crippen LogP contribution in [-0.2, 0) is 13.5 Å². The average molecular weight is 215 g/mol. The first-order valence-corrected chi connectivity index (χ1v) is 5.25. The summed E-state index contributed by atoms with van der Waals surface area (Å²) in [4.78, 5) is 22.6. The molecule has 0 spiro atoms. The van der Waals surface area contributed by atoms with Crippen molar-refractivity contribution >= 4 is 17.2 Å². The number of carbonyl (C=O) groups excluding carboxylic acids is 1. The zero-order valence-electron chi connectivity index (χ0n) is 9.36. The molecule has 3 nitrogen and oxygen atoms in total. The predicted molar refractivity (Wildman–Crippen MR) is 64.0 cm³/mol. The smallest absolute Gasteiger partial charge is 0.261 e. The highest BCUT2D eigenvalue weighted by Gasteiger charge is 2.08. The lowest BCUT2D eigenvalue weighted by Gasteiger charge is -2.09. The number of rotatable bonds is 2. The fraction of sp³-hybridized carbons (Fsp3) is 0.231. The Balaban J connectivity index is 2.98. The van der Waals surface area contributed by atoms with Gasteiger partial charge >= 0.3 is 0 Å². The lowest BCUT2D eigenvalue weighted by atomic mass is 10.1. The first-order chi connectivity index (χ1) is 7.69. The zero-order valence-corrected chi connectivity index (χ0v) is 9.36. The van der Waals surface area contributed by atoms with Gasteiger partial charge in [0.15, 0.2) is 6.29 Å². The summed E-state index contributed by atoms with van der Waals surface area (Å²) in [5.41, 5.74) is 2.02. The third-order valence-corrected chi connectivity index (χ3v) is 2.86. The summed E-state index contributed by atoms with van der Waals surface area (Å²) in [6.07, 6.45) is 1.48. The van der Waals surface area contributed by atoms with E-state index < -0.39 is 0 Å². The molecule has 1 heterocycles. The molecule has 2 rings (SSSR count). The van der Waals surface area contributed by atoms with Gasteiger partial charge in [-0.1, -0.05) is 25.1 Å². The predicted octanol–water partition coefficient (Wildman–Crippen LogP) is 1.91. The van der Waals surface area contributed by atoms with E-state index in [4.69, 9.17) is 0 Å². The van der Waals surface area contributed by atoms with Gasteiger partial charge in [-0.05, 0) is 23.4 Å². The van der Waals surface area contributed by atoms with Crippen LogP contribution in [0.25, 0.3) is 10.9 Å². The van der Waals surface area contributed by atoms with Gasteiger partial charge in [-0.25, -0.2) is 0 Å². The number of carbonyl (C=O) groups is 1. The van der Waals surface area contributed by atoms with Gasteiger partial charge in [0.05, 0.1) is 11.1 Å². The molecule has 0 fully saturated rings. The Bertz CT molecular complexity index is 611. The van der Waals surface area contributed by atoms with Gasteiger partial charge in [0.25, 0.3) is 5.56 Å². The third kappa shape index (κ3) is 1.45. The van der Waals surface area contributed by atoms with E-state index in [1.165, 1.54) is 0 Å². The summed E-state index contributed by atoms with van der Waals surface area (Å²) >= 11 is 0. The van der Waals surface area contributed by atoms with E-state index in [2.05, 4.69) is 0 Å². The Morgan fingerprint density at radius 3 is 2.75 bits per heavy atom. The average Bonchev–Trinajstić information content (AvgIpc) is 2.32. The van der Waals surface area contributed by atoms with Crippen LogP contribution in [0.3, 0.4) is 0 Å². The van der Waals surface area contributed by atoms with Crippen molar-refractivity contribution < 1.29 is 4.79 Å². The van der Waals surface area contributed by atoms with Crippen LogP contribution in [0, 0.1) is 0 Å². The molecule has 0 aliphatic heterocycles. The monoisotopic (exact) mass is 215 g/mol. The molecule has 0 atom stereocenters. The number of aldehydes is 1. The van der Waals surface area contributed by atoms with E-state index in [0.29, 0.717) is 6.29 Å². The summed E-state index contributed by atoms with van der Waals surface area (Å²) < 4.78 is 1.55. The molecule has 0 saturated heterocycles. The van der Waals surface area contributed by atoms with E-state index in [1.807, 2.05) is 25.1 Å². The molecule has 2 aromatic rings. The Hall–Kier alpha value is -1.90. The maximum atomic E-state index is 11.8. The molecule has 0 aliphatic rings. The molecule has 16 heavy (non-hydrogen) atoms. The Morgan fingerprint density at radius 1 is 1.38 bits per heavy atom. The van der Waals surface area contributed by atoms with Gasteiger partial charge in [-0.15, -0.1) is 0 Å². The fourth-order valence-corrected chi connectivity index (χ4v) is 2.03. The van der Waals surface area contributed by atoms with Crippen molar-refractivity contribution in [3.63, 3.8) is 0 Å². The van der Waals surface area contributed by atoms with E-state index in [1.54, 1.807) is 17.7 Å². The van der Waals surface area contributed by atoms with Crippen LogP contribution in [0.15, 0.2) is 29.1 Å². The number of aromatic nitrogens is 1. The van der Waals surface area contributed by atoms with E-state index in [9.17, 15) is 9.59 Å². The van der Waals surface area contributed by atoms with Crippen LogP contribution in [0.2, 0.25) is 0 Å². The van der Waals surface area contributed by atoms with E-state index in [-0.39, 0.29) is 11.1 Å². The number of aryl methyl sites for hydroxylation is 2. The number of hydrogen-bond acceptors (Lipinski definition) is 2. The maximum Gasteiger partial charge on any atom is 0.261 e. The number of fused-ring (bicyclic) bond motifs is 1. The summed E-state index contributed by atoms with van der Waals surface area (Å²) in [7, 11) is 1.71. The van der Waals surface area contributed by atoms with Gasteiger partial charge in [0.2, 0.25) is 0 Å². The van der Waals surface area contributed by atoms with Crippen molar-refractivity contribution in [1.82, 2.24) is 4.57 Å². The van der Waals surface area contributed by atoms with Gasteiger partial charge in [-0.3, -0.25) is 9.59 Å². The lowest BCUT2D eigenvalue weighted by Crippen LogP contribution is -2.21. The van der Waals surface area contributed by atoms with Crippen molar-refractivity contribution in [2.75, 3.05) is 0 Å². The number of pyridine rings is 1. The van der Waals surface area contributed by atoms with Crippen molar-refractivity contribution in [1.29, 1.82) is 0 Å². The van der Waals surface area contributed by atoms with Crippen LogP contribution in [0.5, 0.6) is 0 Å². The normalized spacial score (nSPS) is 10.6. The van der Waals surface area contributed by atoms with Crippen LogP contribution in [0.1, 0.15) is 22.8 Å². The molecular formula is C13H13NO2. The second kappa shape index (κ2) is 3.93. The SMILES string of the molecule is CCc1cccc2cc(C=O)c(=O)n(C)c12. The van der Waals surface area contributed by atoms with Crippen molar-refractivity contribution in [3.05, 3.63) is 45.7 Å². The molecule has 1 aromatic carbocycles. The Labute approximate surface area is 93.3 Å². The van der Waals surface area contributed by atoms with Gasteiger partial charge in [0, 0.05) is 7.05 Å². The number of hydrogen-bond donors (Lipinski definition) is 0. The standard InChI is InChI=1S/C13H13NO2/c1-3-9-5-4-6-10-7-11(8-15)13(16)14(2)12(9)10/h4-8H,3H2,1-2H3. The quantitative estimate of drug-likeness (QED) is 0.718. The van der Waals surface area contributed by atoms with Crippen LogP contribution in [-0.4, -0.2) is 10.9 Å². The highest BCUT2D eigenvalue weighted by Crippen LogP contribution is 2.17. The molecule has 0 N–H and O–H groups in total. The molecule has 3 heteroatoms. The second-order valence-electron chi connectivity index (χ2n) is 3.79. The van der Waals surface area contributed by atoms with Gasteiger partial charge in [-0.2, -0.15) is 0 Å².